The highest BCUT2D eigenvalue weighted by molar-refractivity contribution is 5.91. The fourth-order valence-electron chi connectivity index (χ4n) is 4.42. The van der Waals surface area contributed by atoms with Crippen LogP contribution in [0.2, 0.25) is 0 Å². The number of hydroxylamine groups is 1. The van der Waals surface area contributed by atoms with E-state index in [4.69, 9.17) is 10.2 Å². The molecule has 166 valence electrons. The van der Waals surface area contributed by atoms with Gasteiger partial charge in [-0.05, 0) is 72.8 Å². The highest BCUT2D eigenvalue weighted by Gasteiger charge is 2.21. The van der Waals surface area contributed by atoms with Crippen LogP contribution in [-0.2, 0) is 17.8 Å². The van der Waals surface area contributed by atoms with Crippen LogP contribution in [0.5, 0.6) is 0 Å². The second-order valence-corrected chi connectivity index (χ2v) is 8.71. The molecular formula is C28H27N3O2. The summed E-state index contributed by atoms with van der Waals surface area (Å²) in [6.45, 7) is 0.748. The zero-order valence-electron chi connectivity index (χ0n) is 18.5. The molecule has 1 amide bonds. The van der Waals surface area contributed by atoms with Crippen LogP contribution in [0, 0.1) is 5.92 Å². The first-order valence-corrected chi connectivity index (χ1v) is 11.5. The predicted octanol–water partition coefficient (Wildman–Crippen LogP) is 5.36. The van der Waals surface area contributed by atoms with E-state index in [1.807, 2.05) is 12.1 Å². The van der Waals surface area contributed by atoms with Gasteiger partial charge < -0.3 is 4.57 Å². The highest BCUT2D eigenvalue weighted by Crippen LogP contribution is 2.34. The number of benzene rings is 1. The van der Waals surface area contributed by atoms with Crippen LogP contribution in [0.15, 0.2) is 89.3 Å². The zero-order valence-corrected chi connectivity index (χ0v) is 18.5. The van der Waals surface area contributed by atoms with E-state index in [2.05, 4.69) is 58.9 Å². The number of nitrogens with one attached hydrogen (secondary N) is 1. The van der Waals surface area contributed by atoms with Crippen LogP contribution in [0.3, 0.4) is 0 Å². The first-order chi connectivity index (χ1) is 16.2. The zero-order chi connectivity index (χ0) is 22.6. The molecule has 1 heterocycles. The van der Waals surface area contributed by atoms with Crippen molar-refractivity contribution in [1.29, 1.82) is 0 Å². The van der Waals surface area contributed by atoms with E-state index < -0.39 is 5.91 Å². The van der Waals surface area contributed by atoms with Crippen molar-refractivity contribution in [2.75, 3.05) is 0 Å². The third-order valence-corrected chi connectivity index (χ3v) is 6.28. The van der Waals surface area contributed by atoms with Gasteiger partial charge in [0.15, 0.2) is 0 Å². The Labute approximate surface area is 193 Å². The monoisotopic (exact) mass is 437 g/mol. The van der Waals surface area contributed by atoms with Crippen LogP contribution < -0.4 is 5.48 Å². The van der Waals surface area contributed by atoms with Crippen LogP contribution in [0.4, 0.5) is 0 Å². The largest absolute Gasteiger partial charge is 0.323 e. The number of nitrogens with zero attached hydrogens (tertiary/aromatic N) is 2. The van der Waals surface area contributed by atoms with E-state index in [1.54, 1.807) is 11.6 Å². The minimum absolute atomic E-state index is 0.457. The number of carbonyl (C=O) groups is 1. The molecule has 0 radical (unpaired) electrons. The van der Waals surface area contributed by atoms with Crippen molar-refractivity contribution in [3.05, 3.63) is 101 Å². The maximum atomic E-state index is 11.3. The Balaban J connectivity index is 1.46. The van der Waals surface area contributed by atoms with Gasteiger partial charge >= 0.3 is 0 Å². The average molecular weight is 438 g/mol. The maximum Gasteiger partial charge on any atom is 0.267 e. The molecule has 5 nitrogen and oxygen atoms in total. The molecule has 3 aliphatic carbocycles. The Morgan fingerprint density at radius 2 is 2.27 bits per heavy atom. The van der Waals surface area contributed by atoms with Gasteiger partial charge in [-0.3, -0.25) is 10.0 Å². The minimum atomic E-state index is -0.556. The SMILES string of the molecule is O=C(/C=C/c1ccc2c(c1)nc(CCC1=CC=CCCC1)n2CC1=CC2=C[C@@H]2C=C=C1)NO. The number of fused-ring (bicyclic) bond motifs is 2. The van der Waals surface area contributed by atoms with Gasteiger partial charge in [0, 0.05) is 25.0 Å². The van der Waals surface area contributed by atoms with E-state index in [1.165, 1.54) is 29.2 Å². The van der Waals surface area contributed by atoms with E-state index in [-0.39, 0.29) is 0 Å². The lowest BCUT2D eigenvalue weighted by atomic mass is 10.0. The first-order valence-electron chi connectivity index (χ1n) is 11.5. The van der Waals surface area contributed by atoms with Gasteiger partial charge in [-0.25, -0.2) is 10.5 Å². The van der Waals surface area contributed by atoms with E-state index in [9.17, 15) is 4.79 Å². The number of carbonyl (C=O) groups excluding carboxylic acids is 1. The molecule has 5 heteroatoms. The second kappa shape index (κ2) is 9.45. The van der Waals surface area contributed by atoms with Gasteiger partial charge in [-0.1, -0.05) is 42.0 Å². The van der Waals surface area contributed by atoms with Gasteiger partial charge in [0.05, 0.1) is 11.0 Å². The summed E-state index contributed by atoms with van der Waals surface area (Å²) in [7, 11) is 0. The van der Waals surface area contributed by atoms with Crippen LogP contribution in [0.1, 0.15) is 37.1 Å². The molecule has 5 rings (SSSR count). The average Bonchev–Trinajstić information content (AvgIpc) is 3.56. The molecule has 2 aromatic rings. The number of aromatic nitrogens is 2. The number of hydrogen-bond donors (Lipinski definition) is 2. The Morgan fingerprint density at radius 1 is 1.33 bits per heavy atom. The first kappa shape index (κ1) is 21.2. The van der Waals surface area contributed by atoms with Gasteiger partial charge in [0.2, 0.25) is 0 Å². The minimum Gasteiger partial charge on any atom is -0.323 e. The van der Waals surface area contributed by atoms with Gasteiger partial charge in [0.1, 0.15) is 5.82 Å². The third-order valence-electron chi connectivity index (χ3n) is 6.28. The summed E-state index contributed by atoms with van der Waals surface area (Å²) in [6.07, 6.45) is 23.7. The Hall–Kier alpha value is -3.66. The maximum absolute atomic E-state index is 11.3. The molecule has 0 saturated carbocycles. The van der Waals surface area contributed by atoms with Crippen molar-refractivity contribution in [2.24, 2.45) is 5.92 Å². The van der Waals surface area contributed by atoms with Crippen LogP contribution >= 0.6 is 0 Å². The summed E-state index contributed by atoms with van der Waals surface area (Å²) < 4.78 is 2.31. The standard InChI is InChI=1S/C28H27N3O2/c32-28(30-33)15-12-21-10-13-26-25(17-21)29-27(14-11-20-6-3-1-2-4-7-20)31(26)19-22-8-5-9-23-18-24(23)16-22/h1,3,6,8-10,12-13,15-18,23,33H,2,4,7,11,14,19H2,(H,30,32)/b15-12+/t23-/m0/s1. The van der Waals surface area contributed by atoms with Crippen molar-refractivity contribution >= 4 is 23.0 Å². The summed E-state index contributed by atoms with van der Waals surface area (Å²) in [5.74, 6) is 0.968. The Bertz CT molecular complexity index is 1310. The van der Waals surface area contributed by atoms with E-state index in [0.29, 0.717) is 5.92 Å². The van der Waals surface area contributed by atoms with Gasteiger partial charge in [-0.15, -0.1) is 5.73 Å². The number of allylic oxidation sites excluding steroid dienone is 9. The summed E-state index contributed by atoms with van der Waals surface area (Å²) in [6, 6.07) is 6.02. The summed E-state index contributed by atoms with van der Waals surface area (Å²) >= 11 is 0. The fourth-order valence-corrected chi connectivity index (χ4v) is 4.42. The molecule has 0 bridgehead atoms. The van der Waals surface area contributed by atoms with Crippen molar-refractivity contribution < 1.29 is 10.0 Å². The summed E-state index contributed by atoms with van der Waals surface area (Å²) in [5.41, 5.74) is 11.8. The smallest absolute Gasteiger partial charge is 0.267 e. The lowest BCUT2D eigenvalue weighted by molar-refractivity contribution is -0.124. The normalized spacial score (nSPS) is 19.1. The predicted molar refractivity (Wildman–Crippen MR) is 130 cm³/mol. The van der Waals surface area contributed by atoms with Crippen molar-refractivity contribution in [3.63, 3.8) is 0 Å². The third kappa shape index (κ3) is 5.06. The number of rotatable bonds is 7. The molecule has 1 atom stereocenters. The van der Waals surface area contributed by atoms with Gasteiger partial charge in [-0.2, -0.15) is 0 Å². The lowest BCUT2D eigenvalue weighted by Gasteiger charge is -2.11. The van der Waals surface area contributed by atoms with Crippen molar-refractivity contribution in [2.45, 2.75) is 38.6 Å². The quantitative estimate of drug-likeness (QED) is 0.265. The number of imidazole rings is 1. The Kier molecular flexibility index (Phi) is 6.07. The molecular weight excluding hydrogens is 410 g/mol. The number of hydrogen-bond acceptors (Lipinski definition) is 3. The van der Waals surface area contributed by atoms with Crippen LogP contribution in [-0.4, -0.2) is 20.7 Å². The van der Waals surface area contributed by atoms with Crippen LogP contribution in [0.25, 0.3) is 17.1 Å². The summed E-state index contributed by atoms with van der Waals surface area (Å²) in [4.78, 5) is 16.3. The molecule has 33 heavy (non-hydrogen) atoms. The van der Waals surface area contributed by atoms with E-state index >= 15 is 0 Å². The lowest BCUT2D eigenvalue weighted by Crippen LogP contribution is -2.14. The molecule has 3 aliphatic rings. The second-order valence-electron chi connectivity index (χ2n) is 8.71. The highest BCUT2D eigenvalue weighted by atomic mass is 16.5. The molecule has 1 aromatic carbocycles. The van der Waals surface area contributed by atoms with Gasteiger partial charge in [0.25, 0.3) is 5.91 Å². The molecule has 0 aliphatic heterocycles. The number of amides is 1. The van der Waals surface area contributed by atoms with E-state index in [0.717, 1.165) is 54.6 Å². The molecule has 0 saturated heterocycles. The summed E-state index contributed by atoms with van der Waals surface area (Å²) in [5, 5.41) is 8.71. The molecule has 2 N–H and O–H groups in total. The Morgan fingerprint density at radius 3 is 3.18 bits per heavy atom. The number of aryl methyl sites for hydroxylation is 1. The van der Waals surface area contributed by atoms with Crippen molar-refractivity contribution in [1.82, 2.24) is 15.0 Å². The molecule has 0 unspecified atom stereocenters. The topological polar surface area (TPSA) is 67.2 Å². The molecule has 0 spiro atoms. The van der Waals surface area contributed by atoms with Crippen molar-refractivity contribution in [3.8, 4) is 0 Å². The fraction of sp³-hybridized carbons (Fsp3) is 0.250. The molecule has 1 aromatic heterocycles. The molecule has 0 fully saturated rings.